The Morgan fingerprint density at radius 3 is 2.36 bits per heavy atom. The largest absolute Gasteiger partial charge is 0.480 e. The van der Waals surface area contributed by atoms with Crippen LogP contribution in [0.15, 0.2) is 6.07 Å². The Bertz CT molecular complexity index is 793. The molecule has 0 radical (unpaired) electrons. The van der Waals surface area contributed by atoms with Gasteiger partial charge >= 0.3 is 5.97 Å². The average molecular weight is 344 g/mol. The van der Waals surface area contributed by atoms with E-state index in [4.69, 9.17) is 10.1 Å². The van der Waals surface area contributed by atoms with Crippen molar-refractivity contribution in [2.24, 2.45) is 0 Å². The summed E-state index contributed by atoms with van der Waals surface area (Å²) in [4.78, 5) is 24.4. The van der Waals surface area contributed by atoms with Gasteiger partial charge in [-0.1, -0.05) is 0 Å². The number of aryl methyl sites for hydroxylation is 3. The Morgan fingerprint density at radius 2 is 1.80 bits per heavy atom. The lowest BCUT2D eigenvalue weighted by molar-refractivity contribution is -0.138. The van der Waals surface area contributed by atoms with Crippen molar-refractivity contribution in [3.63, 3.8) is 0 Å². The van der Waals surface area contributed by atoms with Crippen LogP contribution in [-0.2, 0) is 4.79 Å². The van der Waals surface area contributed by atoms with Crippen molar-refractivity contribution in [3.05, 3.63) is 28.7 Å². The molecule has 2 aromatic heterocycles. The zero-order valence-electron chi connectivity index (χ0n) is 15.2. The number of aromatic nitrogens is 4. The van der Waals surface area contributed by atoms with E-state index in [1.54, 1.807) is 4.68 Å². The first kappa shape index (κ1) is 17.3. The number of aliphatic carboxylic acids is 1. The summed E-state index contributed by atoms with van der Waals surface area (Å²) in [6.07, 6.45) is 0. The number of carboxylic acid groups (broad SMARTS) is 1. The van der Waals surface area contributed by atoms with Gasteiger partial charge in [-0.3, -0.25) is 9.69 Å². The molecule has 1 saturated heterocycles. The van der Waals surface area contributed by atoms with E-state index in [1.165, 1.54) is 0 Å². The summed E-state index contributed by atoms with van der Waals surface area (Å²) in [5.41, 5.74) is 3.92. The lowest BCUT2D eigenvalue weighted by Crippen LogP contribution is -2.48. The molecule has 0 saturated carbocycles. The van der Waals surface area contributed by atoms with Gasteiger partial charge in [-0.05, 0) is 33.8 Å². The maximum atomic E-state index is 10.9. The monoisotopic (exact) mass is 344 g/mol. The molecule has 134 valence electrons. The van der Waals surface area contributed by atoms with Gasteiger partial charge < -0.3 is 10.0 Å². The highest BCUT2D eigenvalue weighted by atomic mass is 16.4. The quantitative estimate of drug-likeness (QED) is 0.888. The van der Waals surface area contributed by atoms with Gasteiger partial charge in [0, 0.05) is 43.1 Å². The number of rotatable bonds is 4. The SMILES string of the molecule is Cc1cc(C)n(-c2nc(C)c(C)c(N3CCN(CC(=O)O)CC3)n2)n1. The summed E-state index contributed by atoms with van der Waals surface area (Å²) in [7, 11) is 0. The molecule has 1 aliphatic heterocycles. The highest BCUT2D eigenvalue weighted by molar-refractivity contribution is 5.69. The van der Waals surface area contributed by atoms with Gasteiger partial charge in [0.05, 0.1) is 12.2 Å². The van der Waals surface area contributed by atoms with Gasteiger partial charge in [-0.25, -0.2) is 9.67 Å². The van der Waals surface area contributed by atoms with Gasteiger partial charge in [0.1, 0.15) is 5.82 Å². The maximum Gasteiger partial charge on any atom is 0.317 e. The molecule has 0 atom stereocenters. The van der Waals surface area contributed by atoms with Crippen molar-refractivity contribution in [2.45, 2.75) is 27.7 Å². The molecule has 3 rings (SSSR count). The first-order chi connectivity index (χ1) is 11.8. The summed E-state index contributed by atoms with van der Waals surface area (Å²) in [5, 5.41) is 13.4. The molecule has 0 bridgehead atoms. The Kier molecular flexibility index (Phi) is 4.71. The van der Waals surface area contributed by atoms with Crippen LogP contribution in [0, 0.1) is 27.7 Å². The number of hydrogen-bond acceptors (Lipinski definition) is 6. The van der Waals surface area contributed by atoms with Crippen LogP contribution in [0.4, 0.5) is 5.82 Å². The number of anilines is 1. The van der Waals surface area contributed by atoms with Gasteiger partial charge in [0.25, 0.3) is 5.95 Å². The molecule has 8 heteroatoms. The second kappa shape index (κ2) is 6.79. The van der Waals surface area contributed by atoms with E-state index >= 15 is 0 Å². The van der Waals surface area contributed by atoms with Crippen LogP contribution >= 0.6 is 0 Å². The van der Waals surface area contributed by atoms with E-state index < -0.39 is 5.97 Å². The molecule has 0 unspecified atom stereocenters. The molecule has 8 nitrogen and oxygen atoms in total. The van der Waals surface area contributed by atoms with E-state index in [1.807, 2.05) is 38.7 Å². The highest BCUT2D eigenvalue weighted by Gasteiger charge is 2.23. The summed E-state index contributed by atoms with van der Waals surface area (Å²) in [6, 6.07) is 2.00. The topological polar surface area (TPSA) is 87.4 Å². The fourth-order valence-electron chi connectivity index (χ4n) is 3.14. The summed E-state index contributed by atoms with van der Waals surface area (Å²) in [5.74, 6) is 0.705. The minimum absolute atomic E-state index is 0.0899. The molecular formula is C17H24N6O2. The lowest BCUT2D eigenvalue weighted by Gasteiger charge is -2.35. The highest BCUT2D eigenvalue weighted by Crippen LogP contribution is 2.23. The zero-order valence-corrected chi connectivity index (χ0v) is 15.2. The van der Waals surface area contributed by atoms with Crippen molar-refractivity contribution in [2.75, 3.05) is 37.6 Å². The van der Waals surface area contributed by atoms with Crippen LogP contribution in [-0.4, -0.2) is 68.4 Å². The first-order valence-electron chi connectivity index (χ1n) is 8.43. The molecular weight excluding hydrogens is 320 g/mol. The Balaban J connectivity index is 1.87. The average Bonchev–Trinajstić information content (AvgIpc) is 2.89. The van der Waals surface area contributed by atoms with E-state index in [0.717, 1.165) is 41.6 Å². The maximum absolute atomic E-state index is 10.9. The normalized spacial score (nSPS) is 15.6. The summed E-state index contributed by atoms with van der Waals surface area (Å²) >= 11 is 0. The van der Waals surface area contributed by atoms with Gasteiger partial charge in [-0.15, -0.1) is 0 Å². The van der Waals surface area contributed by atoms with Crippen molar-refractivity contribution >= 4 is 11.8 Å². The summed E-state index contributed by atoms with van der Waals surface area (Å²) in [6.45, 7) is 11.0. The lowest BCUT2D eigenvalue weighted by atomic mass is 10.2. The number of nitrogens with zero attached hydrogens (tertiary/aromatic N) is 6. The molecule has 0 aliphatic carbocycles. The van der Waals surface area contributed by atoms with Crippen molar-refractivity contribution in [1.29, 1.82) is 0 Å². The van der Waals surface area contributed by atoms with Crippen molar-refractivity contribution in [1.82, 2.24) is 24.6 Å². The number of piperazine rings is 1. The zero-order chi connectivity index (χ0) is 18.1. The van der Waals surface area contributed by atoms with Crippen LogP contribution < -0.4 is 4.90 Å². The van der Waals surface area contributed by atoms with E-state index in [9.17, 15) is 4.79 Å². The van der Waals surface area contributed by atoms with Crippen molar-refractivity contribution in [3.8, 4) is 5.95 Å². The molecule has 25 heavy (non-hydrogen) atoms. The molecule has 2 aromatic rings. The fraction of sp³-hybridized carbons (Fsp3) is 0.529. The molecule has 0 aromatic carbocycles. The molecule has 1 fully saturated rings. The van der Waals surface area contributed by atoms with E-state index in [2.05, 4.69) is 15.0 Å². The van der Waals surface area contributed by atoms with Gasteiger partial charge in [0.15, 0.2) is 0 Å². The minimum atomic E-state index is -0.783. The summed E-state index contributed by atoms with van der Waals surface area (Å²) < 4.78 is 1.77. The Labute approximate surface area is 147 Å². The van der Waals surface area contributed by atoms with E-state index in [0.29, 0.717) is 19.0 Å². The third-order valence-corrected chi connectivity index (χ3v) is 4.58. The van der Waals surface area contributed by atoms with Crippen LogP contribution in [0.5, 0.6) is 0 Å². The number of hydrogen-bond donors (Lipinski definition) is 1. The molecule has 1 N–H and O–H groups in total. The fourth-order valence-corrected chi connectivity index (χ4v) is 3.14. The van der Waals surface area contributed by atoms with Crippen LogP contribution in [0.2, 0.25) is 0 Å². The van der Waals surface area contributed by atoms with Gasteiger partial charge in [0.2, 0.25) is 0 Å². The van der Waals surface area contributed by atoms with Crippen LogP contribution in [0.1, 0.15) is 22.6 Å². The first-order valence-corrected chi connectivity index (χ1v) is 8.43. The minimum Gasteiger partial charge on any atom is -0.480 e. The number of carboxylic acids is 1. The molecule has 0 amide bonds. The molecule has 1 aliphatic rings. The Morgan fingerprint density at radius 1 is 1.12 bits per heavy atom. The Hall–Kier alpha value is -2.48. The van der Waals surface area contributed by atoms with E-state index in [-0.39, 0.29) is 6.54 Å². The van der Waals surface area contributed by atoms with Crippen molar-refractivity contribution < 1.29 is 9.90 Å². The van der Waals surface area contributed by atoms with Crippen LogP contribution in [0.3, 0.4) is 0 Å². The smallest absolute Gasteiger partial charge is 0.317 e. The predicted molar refractivity (Wildman–Crippen MR) is 94.4 cm³/mol. The van der Waals surface area contributed by atoms with Crippen LogP contribution in [0.25, 0.3) is 5.95 Å². The van der Waals surface area contributed by atoms with Gasteiger partial charge in [-0.2, -0.15) is 10.1 Å². The molecule has 3 heterocycles. The second-order valence-corrected chi connectivity index (χ2v) is 6.55. The standard InChI is InChI=1S/C17H24N6O2/c1-11-9-12(2)23(20-11)17-18-14(4)13(3)16(19-17)22-7-5-21(6-8-22)10-15(24)25/h9H,5-8,10H2,1-4H3,(H,24,25). The predicted octanol–water partition coefficient (Wildman–Crippen LogP) is 1.10. The number of carbonyl (C=O) groups is 1. The molecule has 0 spiro atoms. The second-order valence-electron chi connectivity index (χ2n) is 6.55. The third-order valence-electron chi connectivity index (χ3n) is 4.58. The third kappa shape index (κ3) is 3.63.